The first-order valence-electron chi connectivity index (χ1n) is 4.36. The normalized spacial score (nSPS) is 10.4. The Labute approximate surface area is 99.8 Å². The summed E-state index contributed by atoms with van der Waals surface area (Å²) in [4.78, 5) is 8.00. The van der Waals surface area contributed by atoms with Crippen LogP contribution >= 0.6 is 15.9 Å². The van der Waals surface area contributed by atoms with Crippen molar-refractivity contribution >= 4 is 21.9 Å². The molecule has 0 aliphatic heterocycles. The van der Waals surface area contributed by atoms with Crippen molar-refractivity contribution in [3.63, 3.8) is 0 Å². The summed E-state index contributed by atoms with van der Waals surface area (Å²) in [6, 6.07) is 1.67. The van der Waals surface area contributed by atoms with Gasteiger partial charge in [0.05, 0.1) is 7.11 Å². The number of halogens is 1. The molecule has 2 heterocycles. The molecule has 2 aromatic heterocycles. The highest BCUT2D eigenvalue weighted by Gasteiger charge is 2.14. The molecule has 0 atom stereocenters. The van der Waals surface area contributed by atoms with E-state index in [-0.39, 0.29) is 5.95 Å². The number of nitrogens with zero attached hydrogens (tertiary/aromatic N) is 5. The van der Waals surface area contributed by atoms with Crippen molar-refractivity contribution in [1.82, 2.24) is 25.0 Å². The lowest BCUT2D eigenvalue weighted by Crippen LogP contribution is -2.02. The first kappa shape index (κ1) is 10.8. The SMILES string of the molecule is COc1cc(-c2c(Br)nnn2C)nc(N)n1. The Bertz CT molecular complexity index is 506. The van der Waals surface area contributed by atoms with E-state index in [1.54, 1.807) is 17.8 Å². The van der Waals surface area contributed by atoms with Crippen LogP contribution in [0.3, 0.4) is 0 Å². The number of ether oxygens (including phenoxy) is 1. The van der Waals surface area contributed by atoms with Gasteiger partial charge in [-0.2, -0.15) is 4.98 Å². The number of methoxy groups -OCH3 is 1. The van der Waals surface area contributed by atoms with E-state index in [1.807, 2.05) is 0 Å². The second-order valence-corrected chi connectivity index (χ2v) is 3.76. The van der Waals surface area contributed by atoms with Crippen molar-refractivity contribution in [2.45, 2.75) is 0 Å². The molecular weight excluding hydrogens is 276 g/mol. The lowest BCUT2D eigenvalue weighted by molar-refractivity contribution is 0.398. The quantitative estimate of drug-likeness (QED) is 0.869. The van der Waals surface area contributed by atoms with Gasteiger partial charge in [0, 0.05) is 13.1 Å². The van der Waals surface area contributed by atoms with Crippen molar-refractivity contribution in [3.05, 3.63) is 10.7 Å². The summed E-state index contributed by atoms with van der Waals surface area (Å²) in [6.07, 6.45) is 0. The highest BCUT2D eigenvalue weighted by atomic mass is 79.9. The van der Waals surface area contributed by atoms with Crippen LogP contribution in [0.4, 0.5) is 5.95 Å². The van der Waals surface area contributed by atoms with Crippen molar-refractivity contribution in [3.8, 4) is 17.3 Å². The molecule has 0 fully saturated rings. The number of rotatable bonds is 2. The predicted octanol–water partition coefficient (Wildman–Crippen LogP) is 0.625. The number of aromatic nitrogens is 5. The minimum atomic E-state index is 0.141. The average Bonchev–Trinajstić information content (AvgIpc) is 2.57. The van der Waals surface area contributed by atoms with E-state index in [1.165, 1.54) is 7.11 Å². The third kappa shape index (κ3) is 1.83. The van der Waals surface area contributed by atoms with Crippen molar-refractivity contribution in [2.24, 2.45) is 7.05 Å². The Morgan fingerprint density at radius 3 is 2.75 bits per heavy atom. The molecule has 0 aliphatic rings. The minimum Gasteiger partial charge on any atom is -0.481 e. The number of aryl methyl sites for hydroxylation is 1. The summed E-state index contributed by atoms with van der Waals surface area (Å²) in [6.45, 7) is 0. The Morgan fingerprint density at radius 1 is 1.44 bits per heavy atom. The Hall–Kier alpha value is -1.70. The number of nitrogen functional groups attached to an aromatic ring is 1. The van der Waals surface area contributed by atoms with Gasteiger partial charge in [0.25, 0.3) is 0 Å². The molecule has 0 spiro atoms. The van der Waals surface area contributed by atoms with Crippen LogP contribution in [-0.4, -0.2) is 32.1 Å². The van der Waals surface area contributed by atoms with E-state index in [9.17, 15) is 0 Å². The van der Waals surface area contributed by atoms with Crippen molar-refractivity contribution in [2.75, 3.05) is 12.8 Å². The smallest absolute Gasteiger partial charge is 0.223 e. The van der Waals surface area contributed by atoms with Gasteiger partial charge in [-0.15, -0.1) is 5.10 Å². The summed E-state index contributed by atoms with van der Waals surface area (Å²) < 4.78 is 7.20. The summed E-state index contributed by atoms with van der Waals surface area (Å²) in [7, 11) is 3.28. The Morgan fingerprint density at radius 2 is 2.19 bits per heavy atom. The fourth-order valence-electron chi connectivity index (χ4n) is 1.27. The van der Waals surface area contributed by atoms with E-state index in [0.717, 1.165) is 0 Å². The molecule has 0 aliphatic carbocycles. The van der Waals surface area contributed by atoms with E-state index in [0.29, 0.717) is 21.9 Å². The lowest BCUT2D eigenvalue weighted by atomic mass is 10.3. The van der Waals surface area contributed by atoms with Gasteiger partial charge >= 0.3 is 0 Å². The molecule has 0 aromatic carbocycles. The fourth-order valence-corrected chi connectivity index (χ4v) is 1.80. The average molecular weight is 285 g/mol. The summed E-state index contributed by atoms with van der Waals surface area (Å²) in [5.41, 5.74) is 6.89. The van der Waals surface area contributed by atoms with Crippen LogP contribution in [0.25, 0.3) is 11.4 Å². The molecule has 84 valence electrons. The van der Waals surface area contributed by atoms with Crippen molar-refractivity contribution in [1.29, 1.82) is 0 Å². The van der Waals surface area contributed by atoms with Gasteiger partial charge in [-0.1, -0.05) is 5.21 Å². The highest BCUT2D eigenvalue weighted by molar-refractivity contribution is 9.10. The Balaban J connectivity index is 2.60. The van der Waals surface area contributed by atoms with Crippen LogP contribution in [0.15, 0.2) is 10.7 Å². The van der Waals surface area contributed by atoms with Gasteiger partial charge in [0.1, 0.15) is 11.4 Å². The van der Waals surface area contributed by atoms with Crippen LogP contribution < -0.4 is 10.5 Å². The zero-order valence-electron chi connectivity index (χ0n) is 8.68. The van der Waals surface area contributed by atoms with Gasteiger partial charge in [0.15, 0.2) is 4.60 Å². The molecule has 0 amide bonds. The predicted molar refractivity (Wildman–Crippen MR) is 60.7 cm³/mol. The van der Waals surface area contributed by atoms with Crippen LogP contribution in [-0.2, 0) is 7.05 Å². The van der Waals surface area contributed by atoms with Crippen LogP contribution in [0.5, 0.6) is 5.88 Å². The molecular formula is C8H9BrN6O. The van der Waals surface area contributed by atoms with E-state index >= 15 is 0 Å². The van der Waals surface area contributed by atoms with E-state index < -0.39 is 0 Å². The number of hydrogen-bond acceptors (Lipinski definition) is 6. The van der Waals surface area contributed by atoms with Crippen molar-refractivity contribution < 1.29 is 4.74 Å². The third-order valence-electron chi connectivity index (χ3n) is 1.96. The summed E-state index contributed by atoms with van der Waals surface area (Å²) in [5, 5.41) is 7.72. The maximum absolute atomic E-state index is 5.57. The first-order chi connectivity index (χ1) is 7.61. The molecule has 7 nitrogen and oxygen atoms in total. The van der Waals surface area contributed by atoms with Crippen LogP contribution in [0.2, 0.25) is 0 Å². The maximum atomic E-state index is 5.57. The highest BCUT2D eigenvalue weighted by Crippen LogP contribution is 2.26. The standard InChI is InChI=1S/C8H9BrN6O/c1-15-6(7(9)13-14-15)4-3-5(16-2)12-8(10)11-4/h3H,1-2H3,(H2,10,11,12). The van der Waals surface area contributed by atoms with Gasteiger partial charge in [0.2, 0.25) is 11.8 Å². The van der Waals surface area contributed by atoms with Crippen LogP contribution in [0.1, 0.15) is 0 Å². The molecule has 0 bridgehead atoms. The monoisotopic (exact) mass is 284 g/mol. The van der Waals surface area contributed by atoms with E-state index in [2.05, 4.69) is 36.2 Å². The second-order valence-electron chi connectivity index (χ2n) is 3.01. The molecule has 0 saturated carbocycles. The fraction of sp³-hybridized carbons (Fsp3) is 0.250. The van der Waals surface area contributed by atoms with E-state index in [4.69, 9.17) is 10.5 Å². The molecule has 0 radical (unpaired) electrons. The topological polar surface area (TPSA) is 91.7 Å². The first-order valence-corrected chi connectivity index (χ1v) is 5.15. The molecule has 16 heavy (non-hydrogen) atoms. The van der Waals surface area contributed by atoms with Gasteiger partial charge in [-0.25, -0.2) is 9.67 Å². The maximum Gasteiger partial charge on any atom is 0.223 e. The second kappa shape index (κ2) is 4.05. The lowest BCUT2D eigenvalue weighted by Gasteiger charge is -2.04. The molecule has 0 saturated heterocycles. The molecule has 8 heteroatoms. The summed E-state index contributed by atoms with van der Waals surface area (Å²) >= 11 is 3.29. The molecule has 2 aromatic rings. The van der Waals surface area contributed by atoms with Gasteiger partial charge in [-0.3, -0.25) is 0 Å². The number of anilines is 1. The third-order valence-corrected chi connectivity index (χ3v) is 2.49. The van der Waals surface area contributed by atoms with Gasteiger partial charge < -0.3 is 10.5 Å². The van der Waals surface area contributed by atoms with Gasteiger partial charge in [-0.05, 0) is 15.9 Å². The molecule has 0 unspecified atom stereocenters. The molecule has 2 N–H and O–H groups in total. The zero-order chi connectivity index (χ0) is 11.7. The van der Waals surface area contributed by atoms with Crippen LogP contribution in [0, 0.1) is 0 Å². The molecule has 2 rings (SSSR count). The zero-order valence-corrected chi connectivity index (χ0v) is 10.3. The number of hydrogen-bond donors (Lipinski definition) is 1. The summed E-state index contributed by atoms with van der Waals surface area (Å²) in [5.74, 6) is 0.540. The largest absolute Gasteiger partial charge is 0.481 e. The number of nitrogens with two attached hydrogens (primary N) is 1. The minimum absolute atomic E-state index is 0.141. The Kier molecular flexibility index (Phi) is 2.73.